The lowest BCUT2D eigenvalue weighted by molar-refractivity contribution is 0.813. The first-order chi connectivity index (χ1) is 9.33. The Bertz CT molecular complexity index is 652. The Kier molecular flexibility index (Phi) is 3.06. The van der Waals surface area contributed by atoms with Crippen molar-refractivity contribution in [3.05, 3.63) is 67.0 Å². The molecule has 0 fully saturated rings. The van der Waals surface area contributed by atoms with Crippen LogP contribution in [-0.2, 0) is 13.6 Å². The predicted octanol–water partition coefficient (Wildman–Crippen LogP) is 2.82. The van der Waals surface area contributed by atoms with Gasteiger partial charge in [-0.2, -0.15) is 0 Å². The van der Waals surface area contributed by atoms with Crippen molar-refractivity contribution in [2.24, 2.45) is 7.05 Å². The minimum absolute atomic E-state index is 0.721. The molecule has 3 rings (SSSR count). The molecular weight excluding hydrogens is 236 g/mol. The second kappa shape index (κ2) is 5.02. The summed E-state index contributed by atoms with van der Waals surface area (Å²) in [6.07, 6.45) is 7.84. The molecule has 0 aliphatic rings. The zero-order valence-corrected chi connectivity index (χ0v) is 10.8. The molecule has 0 aliphatic heterocycles. The Hall–Kier alpha value is -2.49. The maximum Gasteiger partial charge on any atom is 0.127 e. The van der Waals surface area contributed by atoms with Crippen molar-refractivity contribution in [3.63, 3.8) is 0 Å². The van der Waals surface area contributed by atoms with Crippen LogP contribution in [0.2, 0.25) is 0 Å². The zero-order valence-electron chi connectivity index (χ0n) is 10.8. The maximum atomic E-state index is 4.30. The van der Waals surface area contributed by atoms with E-state index in [0.717, 1.165) is 23.7 Å². The molecule has 0 aliphatic carbocycles. The third kappa shape index (κ3) is 2.52. The summed E-state index contributed by atoms with van der Waals surface area (Å²) < 4.78 is 4.11. The number of aryl methyl sites for hydroxylation is 1. The van der Waals surface area contributed by atoms with Gasteiger partial charge in [0.05, 0.1) is 6.54 Å². The molecule has 0 radical (unpaired) electrons. The number of hydrogen-bond acceptors (Lipinski definition) is 2. The molecule has 0 saturated heterocycles. The molecule has 0 amide bonds. The first-order valence-electron chi connectivity index (χ1n) is 6.26. The van der Waals surface area contributed by atoms with Gasteiger partial charge in [-0.05, 0) is 30.3 Å². The average molecular weight is 252 g/mol. The minimum atomic E-state index is 0.721. The molecule has 2 heterocycles. The van der Waals surface area contributed by atoms with Crippen molar-refractivity contribution >= 4 is 5.69 Å². The number of imidazole rings is 1. The van der Waals surface area contributed by atoms with Crippen LogP contribution in [-0.4, -0.2) is 14.1 Å². The van der Waals surface area contributed by atoms with Crippen molar-refractivity contribution in [1.82, 2.24) is 14.1 Å². The molecule has 1 aromatic carbocycles. The summed E-state index contributed by atoms with van der Waals surface area (Å²) >= 11 is 0. The van der Waals surface area contributed by atoms with Crippen LogP contribution in [0.25, 0.3) is 5.69 Å². The minimum Gasteiger partial charge on any atom is -0.378 e. The molecule has 4 heteroatoms. The molecule has 3 aromatic rings. The first kappa shape index (κ1) is 11.6. The Morgan fingerprint density at radius 2 is 1.95 bits per heavy atom. The Morgan fingerprint density at radius 1 is 1.11 bits per heavy atom. The zero-order chi connectivity index (χ0) is 13.1. The van der Waals surface area contributed by atoms with E-state index in [2.05, 4.69) is 39.1 Å². The van der Waals surface area contributed by atoms with Crippen LogP contribution in [0.5, 0.6) is 0 Å². The Labute approximate surface area is 112 Å². The van der Waals surface area contributed by atoms with E-state index < -0.39 is 0 Å². The fraction of sp³-hybridized carbons (Fsp3) is 0.133. The summed E-state index contributed by atoms with van der Waals surface area (Å²) in [6, 6.07) is 12.4. The molecule has 2 aromatic heterocycles. The maximum absolute atomic E-state index is 4.30. The van der Waals surface area contributed by atoms with Crippen molar-refractivity contribution in [1.29, 1.82) is 0 Å². The van der Waals surface area contributed by atoms with Crippen molar-refractivity contribution < 1.29 is 0 Å². The summed E-state index contributed by atoms with van der Waals surface area (Å²) in [4.78, 5) is 4.30. The van der Waals surface area contributed by atoms with E-state index in [9.17, 15) is 0 Å². The van der Waals surface area contributed by atoms with E-state index in [-0.39, 0.29) is 0 Å². The van der Waals surface area contributed by atoms with Crippen molar-refractivity contribution in [3.8, 4) is 5.69 Å². The predicted molar refractivity (Wildman–Crippen MR) is 76.3 cm³/mol. The molecular formula is C15H16N4. The highest BCUT2D eigenvalue weighted by molar-refractivity contribution is 5.51. The van der Waals surface area contributed by atoms with E-state index >= 15 is 0 Å². The van der Waals surface area contributed by atoms with Gasteiger partial charge in [-0.3, -0.25) is 0 Å². The van der Waals surface area contributed by atoms with Gasteiger partial charge in [-0.15, -0.1) is 0 Å². The highest BCUT2D eigenvalue weighted by atomic mass is 15.1. The van der Waals surface area contributed by atoms with E-state index in [0.29, 0.717) is 0 Å². The van der Waals surface area contributed by atoms with E-state index in [1.807, 2.05) is 48.5 Å². The van der Waals surface area contributed by atoms with Gasteiger partial charge < -0.3 is 14.5 Å². The lowest BCUT2D eigenvalue weighted by Crippen LogP contribution is -2.05. The van der Waals surface area contributed by atoms with Gasteiger partial charge in [0.15, 0.2) is 0 Å². The Balaban J connectivity index is 1.75. The normalized spacial score (nSPS) is 10.6. The molecule has 0 bridgehead atoms. The summed E-state index contributed by atoms with van der Waals surface area (Å²) in [5, 5.41) is 3.39. The van der Waals surface area contributed by atoms with Crippen LogP contribution in [0, 0.1) is 0 Å². The van der Waals surface area contributed by atoms with Gasteiger partial charge in [-0.25, -0.2) is 4.98 Å². The molecule has 0 saturated carbocycles. The summed E-state index contributed by atoms with van der Waals surface area (Å²) in [5.74, 6) is 1.02. The SMILES string of the molecule is Cn1ccnc1CNc1cccc(-n2cccc2)c1. The molecule has 96 valence electrons. The number of nitrogens with one attached hydrogen (secondary N) is 1. The first-order valence-corrected chi connectivity index (χ1v) is 6.26. The van der Waals surface area contributed by atoms with Crippen molar-refractivity contribution in [2.75, 3.05) is 5.32 Å². The highest BCUT2D eigenvalue weighted by Gasteiger charge is 2.00. The molecule has 1 N–H and O–H groups in total. The monoisotopic (exact) mass is 252 g/mol. The van der Waals surface area contributed by atoms with Gasteiger partial charge in [0.25, 0.3) is 0 Å². The topological polar surface area (TPSA) is 34.8 Å². The van der Waals surface area contributed by atoms with Gasteiger partial charge in [0.2, 0.25) is 0 Å². The quantitative estimate of drug-likeness (QED) is 0.775. The third-order valence-electron chi connectivity index (χ3n) is 3.12. The van der Waals surface area contributed by atoms with Crippen LogP contribution in [0.4, 0.5) is 5.69 Å². The van der Waals surface area contributed by atoms with Gasteiger partial charge in [0, 0.05) is 43.2 Å². The highest BCUT2D eigenvalue weighted by Crippen LogP contribution is 2.15. The molecule has 0 spiro atoms. The number of nitrogens with zero attached hydrogens (tertiary/aromatic N) is 3. The van der Waals surface area contributed by atoms with Crippen molar-refractivity contribution in [2.45, 2.75) is 6.54 Å². The molecule has 0 atom stereocenters. The fourth-order valence-electron chi connectivity index (χ4n) is 2.03. The number of hydrogen-bond donors (Lipinski definition) is 1. The van der Waals surface area contributed by atoms with E-state index in [4.69, 9.17) is 0 Å². The smallest absolute Gasteiger partial charge is 0.127 e. The second-order valence-electron chi connectivity index (χ2n) is 4.45. The van der Waals surface area contributed by atoms with Crippen LogP contribution < -0.4 is 5.32 Å². The Morgan fingerprint density at radius 3 is 2.68 bits per heavy atom. The van der Waals surface area contributed by atoms with Crippen LogP contribution in [0.1, 0.15) is 5.82 Å². The van der Waals surface area contributed by atoms with Crippen LogP contribution >= 0.6 is 0 Å². The number of anilines is 1. The number of aromatic nitrogens is 3. The van der Waals surface area contributed by atoms with Gasteiger partial charge in [0.1, 0.15) is 5.82 Å². The molecule has 19 heavy (non-hydrogen) atoms. The standard InChI is InChI=1S/C15H16N4/c1-18-10-7-16-15(18)12-17-13-5-4-6-14(11-13)19-8-2-3-9-19/h2-11,17H,12H2,1H3. The fourth-order valence-corrected chi connectivity index (χ4v) is 2.03. The largest absolute Gasteiger partial charge is 0.378 e. The lowest BCUT2D eigenvalue weighted by atomic mass is 10.2. The summed E-state index contributed by atoms with van der Waals surface area (Å²) in [7, 11) is 2.00. The lowest BCUT2D eigenvalue weighted by Gasteiger charge is -2.09. The summed E-state index contributed by atoms with van der Waals surface area (Å²) in [6.45, 7) is 0.721. The molecule has 4 nitrogen and oxygen atoms in total. The molecule has 0 unspecified atom stereocenters. The van der Waals surface area contributed by atoms with Crippen LogP contribution in [0.15, 0.2) is 61.2 Å². The van der Waals surface area contributed by atoms with E-state index in [1.54, 1.807) is 0 Å². The summed E-state index contributed by atoms with van der Waals surface area (Å²) in [5.41, 5.74) is 2.24. The van der Waals surface area contributed by atoms with E-state index in [1.165, 1.54) is 0 Å². The average Bonchev–Trinajstić information content (AvgIpc) is 3.08. The van der Waals surface area contributed by atoms with Gasteiger partial charge in [-0.1, -0.05) is 6.07 Å². The number of rotatable bonds is 4. The van der Waals surface area contributed by atoms with Gasteiger partial charge >= 0.3 is 0 Å². The third-order valence-corrected chi connectivity index (χ3v) is 3.12. The second-order valence-corrected chi connectivity index (χ2v) is 4.45. The number of benzene rings is 1. The van der Waals surface area contributed by atoms with Crippen LogP contribution in [0.3, 0.4) is 0 Å².